The summed E-state index contributed by atoms with van der Waals surface area (Å²) >= 11 is 0. The van der Waals surface area contributed by atoms with Gasteiger partial charge in [-0.1, -0.05) is 18.2 Å². The number of rotatable bonds is 1. The molecular formula is C18H21N3O3. The van der Waals surface area contributed by atoms with Gasteiger partial charge in [-0.25, -0.2) is 4.79 Å². The Hall–Kier alpha value is -2.76. The molecule has 0 fully saturated rings. The summed E-state index contributed by atoms with van der Waals surface area (Å²) in [5.41, 5.74) is 1.79. The molecule has 0 saturated heterocycles. The van der Waals surface area contributed by atoms with Crippen molar-refractivity contribution in [3.63, 3.8) is 0 Å². The minimum absolute atomic E-state index is 0.106. The molecule has 1 unspecified atom stereocenters. The Labute approximate surface area is 140 Å². The molecule has 6 heteroatoms. The summed E-state index contributed by atoms with van der Waals surface area (Å²) in [5, 5.41) is 2.78. The van der Waals surface area contributed by atoms with Crippen LogP contribution in [0.2, 0.25) is 0 Å². The fourth-order valence-electron chi connectivity index (χ4n) is 2.74. The Bertz CT molecular complexity index is 828. The Morgan fingerprint density at radius 1 is 1.29 bits per heavy atom. The summed E-state index contributed by atoms with van der Waals surface area (Å²) in [6.07, 6.45) is 1.69. The first-order valence-corrected chi connectivity index (χ1v) is 7.92. The quantitative estimate of drug-likeness (QED) is 0.875. The van der Waals surface area contributed by atoms with Crippen LogP contribution in [0, 0.1) is 6.92 Å². The lowest BCUT2D eigenvalue weighted by Crippen LogP contribution is -2.43. The Kier molecular flexibility index (Phi) is 4.29. The second-order valence-electron chi connectivity index (χ2n) is 6.12. The van der Waals surface area contributed by atoms with E-state index in [0.29, 0.717) is 18.8 Å². The van der Waals surface area contributed by atoms with Gasteiger partial charge in [-0.15, -0.1) is 0 Å². The van der Waals surface area contributed by atoms with Crippen molar-refractivity contribution in [2.75, 3.05) is 11.9 Å². The number of nitrogens with zero attached hydrogens (tertiary/aromatic N) is 2. The van der Waals surface area contributed by atoms with Gasteiger partial charge in [-0.3, -0.25) is 4.79 Å². The molecule has 1 aromatic heterocycles. The molecule has 1 aliphatic rings. The zero-order chi connectivity index (χ0) is 17.3. The molecule has 2 amide bonds. The summed E-state index contributed by atoms with van der Waals surface area (Å²) in [7, 11) is 1.66. The van der Waals surface area contributed by atoms with E-state index in [1.54, 1.807) is 31.1 Å². The van der Waals surface area contributed by atoms with Crippen LogP contribution >= 0.6 is 0 Å². The lowest BCUT2D eigenvalue weighted by atomic mass is 10.2. The smallest absolute Gasteiger partial charge is 0.322 e. The maximum Gasteiger partial charge on any atom is 0.322 e. The molecule has 0 saturated carbocycles. The van der Waals surface area contributed by atoms with E-state index in [1.807, 2.05) is 31.2 Å². The molecule has 0 radical (unpaired) electrons. The van der Waals surface area contributed by atoms with Gasteiger partial charge in [0.25, 0.3) is 5.56 Å². The molecule has 0 spiro atoms. The second-order valence-corrected chi connectivity index (χ2v) is 6.12. The largest absolute Gasteiger partial charge is 0.491 e. The summed E-state index contributed by atoms with van der Waals surface area (Å²) in [6, 6.07) is 9.09. The van der Waals surface area contributed by atoms with Gasteiger partial charge in [0, 0.05) is 18.8 Å². The van der Waals surface area contributed by atoms with Crippen LogP contribution in [0.3, 0.4) is 0 Å². The molecule has 1 atom stereocenters. The zero-order valence-electron chi connectivity index (χ0n) is 14.1. The number of aryl methyl sites for hydroxylation is 2. The number of carbonyl (C=O) groups excluding carboxylic acids is 1. The normalized spacial score (nSPS) is 16.8. The van der Waals surface area contributed by atoms with E-state index in [1.165, 1.54) is 4.57 Å². The van der Waals surface area contributed by atoms with Crippen molar-refractivity contribution in [1.82, 2.24) is 9.47 Å². The molecule has 0 aliphatic carbocycles. The number of pyridine rings is 1. The van der Waals surface area contributed by atoms with E-state index in [0.717, 1.165) is 16.9 Å². The number of benzene rings is 1. The van der Waals surface area contributed by atoms with Crippen LogP contribution < -0.4 is 15.6 Å². The van der Waals surface area contributed by atoms with Crippen molar-refractivity contribution >= 4 is 11.7 Å². The summed E-state index contributed by atoms with van der Waals surface area (Å²) in [6.45, 7) is 4.59. The third kappa shape index (κ3) is 2.99. The van der Waals surface area contributed by atoms with Gasteiger partial charge in [0.05, 0.1) is 12.6 Å². The number of nitrogens with one attached hydrogen (secondary N) is 1. The number of amides is 2. The lowest BCUT2D eigenvalue weighted by molar-refractivity contribution is 0.168. The molecule has 24 heavy (non-hydrogen) atoms. The topological polar surface area (TPSA) is 63.6 Å². The van der Waals surface area contributed by atoms with Gasteiger partial charge in [-0.2, -0.15) is 0 Å². The number of urea groups is 1. The van der Waals surface area contributed by atoms with Gasteiger partial charge in [0.2, 0.25) is 0 Å². The first-order valence-electron chi connectivity index (χ1n) is 7.92. The molecule has 2 aromatic rings. The zero-order valence-corrected chi connectivity index (χ0v) is 14.1. The molecule has 1 aromatic carbocycles. The number of fused-ring (bicyclic) bond motifs is 1. The maximum atomic E-state index is 12.8. The van der Waals surface area contributed by atoms with Crippen molar-refractivity contribution in [1.29, 1.82) is 0 Å². The third-order valence-electron chi connectivity index (χ3n) is 4.29. The number of hydrogen-bond donors (Lipinski definition) is 1. The van der Waals surface area contributed by atoms with E-state index in [-0.39, 0.29) is 17.6 Å². The first kappa shape index (κ1) is 16.1. The van der Waals surface area contributed by atoms with Crippen LogP contribution in [0.25, 0.3) is 0 Å². The molecule has 1 aliphatic heterocycles. The van der Waals surface area contributed by atoms with Crippen LogP contribution in [0.15, 0.2) is 41.3 Å². The van der Waals surface area contributed by atoms with Crippen LogP contribution in [0.5, 0.6) is 5.75 Å². The second kappa shape index (κ2) is 6.39. The SMILES string of the molecule is Cc1ccn(C)c(=O)c1NC(=O)N1Cc2ccccc2OCC1C. The monoisotopic (exact) mass is 327 g/mol. The van der Waals surface area contributed by atoms with E-state index in [4.69, 9.17) is 4.74 Å². The van der Waals surface area contributed by atoms with E-state index >= 15 is 0 Å². The Morgan fingerprint density at radius 2 is 2.04 bits per heavy atom. The van der Waals surface area contributed by atoms with Gasteiger partial charge < -0.3 is 19.5 Å². The highest BCUT2D eigenvalue weighted by molar-refractivity contribution is 5.90. The molecule has 2 heterocycles. The van der Waals surface area contributed by atoms with Crippen molar-refractivity contribution < 1.29 is 9.53 Å². The predicted octanol–water partition coefficient (Wildman–Crippen LogP) is 2.51. The van der Waals surface area contributed by atoms with E-state index < -0.39 is 0 Å². The van der Waals surface area contributed by atoms with Crippen LogP contribution in [0.4, 0.5) is 10.5 Å². The fraction of sp³-hybridized carbons (Fsp3) is 0.333. The maximum absolute atomic E-state index is 12.8. The summed E-state index contributed by atoms with van der Waals surface area (Å²) in [5.74, 6) is 0.798. The molecular weight excluding hydrogens is 306 g/mol. The number of para-hydroxylation sites is 1. The fourth-order valence-corrected chi connectivity index (χ4v) is 2.74. The van der Waals surface area contributed by atoms with Crippen molar-refractivity contribution in [2.45, 2.75) is 26.4 Å². The van der Waals surface area contributed by atoms with Crippen LogP contribution in [-0.4, -0.2) is 28.1 Å². The van der Waals surface area contributed by atoms with Crippen LogP contribution in [0.1, 0.15) is 18.1 Å². The first-order chi connectivity index (χ1) is 11.5. The number of carbonyl (C=O) groups is 1. The van der Waals surface area contributed by atoms with Gasteiger partial charge in [0.1, 0.15) is 18.0 Å². The van der Waals surface area contributed by atoms with E-state index in [2.05, 4.69) is 5.32 Å². The average Bonchev–Trinajstić information content (AvgIpc) is 2.74. The lowest BCUT2D eigenvalue weighted by Gasteiger charge is -2.26. The highest BCUT2D eigenvalue weighted by Crippen LogP contribution is 2.25. The number of anilines is 1. The minimum atomic E-state index is -0.297. The number of hydrogen-bond acceptors (Lipinski definition) is 3. The van der Waals surface area contributed by atoms with E-state index in [9.17, 15) is 9.59 Å². The number of ether oxygens (including phenoxy) is 1. The highest BCUT2D eigenvalue weighted by Gasteiger charge is 2.26. The van der Waals surface area contributed by atoms with Gasteiger partial charge in [-0.05, 0) is 31.5 Å². The van der Waals surface area contributed by atoms with Crippen LogP contribution in [-0.2, 0) is 13.6 Å². The van der Waals surface area contributed by atoms with Crippen molar-refractivity contribution in [3.05, 3.63) is 58.0 Å². The predicted molar refractivity (Wildman–Crippen MR) is 92.4 cm³/mol. The molecule has 6 nitrogen and oxygen atoms in total. The third-order valence-corrected chi connectivity index (χ3v) is 4.29. The summed E-state index contributed by atoms with van der Waals surface area (Å²) < 4.78 is 7.22. The molecule has 3 rings (SSSR count). The van der Waals surface area contributed by atoms with Gasteiger partial charge in [0.15, 0.2) is 0 Å². The Balaban J connectivity index is 1.87. The molecule has 0 bridgehead atoms. The minimum Gasteiger partial charge on any atom is -0.491 e. The van der Waals surface area contributed by atoms with Crippen molar-refractivity contribution in [3.8, 4) is 5.75 Å². The summed E-state index contributed by atoms with van der Waals surface area (Å²) in [4.78, 5) is 26.7. The Morgan fingerprint density at radius 3 is 2.83 bits per heavy atom. The average molecular weight is 327 g/mol. The molecule has 1 N–H and O–H groups in total. The number of aromatic nitrogens is 1. The molecule has 126 valence electrons. The van der Waals surface area contributed by atoms with Crippen molar-refractivity contribution in [2.24, 2.45) is 7.05 Å². The standard InChI is InChI=1S/C18H21N3O3/c1-12-8-9-20(3)17(22)16(12)19-18(23)21-10-14-6-4-5-7-15(14)24-11-13(21)2/h4-9,13H,10-11H2,1-3H3,(H,19,23). The van der Waals surface area contributed by atoms with Gasteiger partial charge >= 0.3 is 6.03 Å². The highest BCUT2D eigenvalue weighted by atomic mass is 16.5.